The second kappa shape index (κ2) is 4.67. The van der Waals surface area contributed by atoms with Crippen molar-refractivity contribution in [3.05, 3.63) is 29.5 Å². The van der Waals surface area contributed by atoms with E-state index in [1.807, 2.05) is 0 Å². The van der Waals surface area contributed by atoms with Gasteiger partial charge in [0.2, 0.25) is 5.88 Å². The maximum Gasteiger partial charge on any atom is 0.388 e. The normalized spacial score (nSPS) is 10.9. The molecule has 0 unspecified atom stereocenters. The minimum atomic E-state index is -2.87. The highest BCUT2D eigenvalue weighted by Gasteiger charge is 2.12. The summed E-state index contributed by atoms with van der Waals surface area (Å²) < 4.78 is 29.7. The number of hydrogen-bond acceptors (Lipinski definition) is 3. The Morgan fingerprint density at radius 2 is 2.18 bits per heavy atom. The van der Waals surface area contributed by atoms with Gasteiger partial charge in [-0.1, -0.05) is 11.6 Å². The Bertz CT molecular complexity index is 513. The number of aromatic nitrogens is 3. The number of pyridine rings is 1. The molecule has 0 bridgehead atoms. The van der Waals surface area contributed by atoms with Gasteiger partial charge >= 0.3 is 6.61 Å². The second-order valence-corrected chi connectivity index (χ2v) is 3.63. The zero-order valence-electron chi connectivity index (χ0n) is 8.77. The van der Waals surface area contributed by atoms with Crippen LogP contribution in [0.4, 0.5) is 8.78 Å². The Labute approximate surface area is 101 Å². The average Bonchev–Trinajstić information content (AvgIpc) is 2.60. The van der Waals surface area contributed by atoms with Crippen LogP contribution >= 0.6 is 11.6 Å². The van der Waals surface area contributed by atoms with Crippen molar-refractivity contribution in [1.29, 1.82) is 0 Å². The summed E-state index contributed by atoms with van der Waals surface area (Å²) in [6.45, 7) is -2.87. The van der Waals surface area contributed by atoms with Crippen molar-refractivity contribution >= 4 is 11.6 Å². The number of hydrogen-bond donors (Lipinski definition) is 0. The molecule has 0 amide bonds. The van der Waals surface area contributed by atoms with Crippen LogP contribution in [0.1, 0.15) is 0 Å². The number of alkyl halides is 2. The molecule has 0 saturated heterocycles. The van der Waals surface area contributed by atoms with E-state index in [0.29, 0.717) is 16.4 Å². The monoisotopic (exact) mass is 259 g/mol. The van der Waals surface area contributed by atoms with E-state index in [4.69, 9.17) is 11.6 Å². The van der Waals surface area contributed by atoms with Crippen molar-refractivity contribution in [1.82, 2.24) is 14.8 Å². The number of ether oxygens (including phenoxy) is 1. The van der Waals surface area contributed by atoms with Crippen molar-refractivity contribution in [3.8, 4) is 17.1 Å². The van der Waals surface area contributed by atoms with Crippen LogP contribution in [0.25, 0.3) is 11.3 Å². The van der Waals surface area contributed by atoms with E-state index in [1.165, 1.54) is 24.0 Å². The van der Waals surface area contributed by atoms with Crippen LogP contribution in [0, 0.1) is 0 Å². The number of aryl methyl sites for hydroxylation is 1. The third-order valence-electron chi connectivity index (χ3n) is 2.07. The van der Waals surface area contributed by atoms with Crippen molar-refractivity contribution in [2.24, 2.45) is 7.05 Å². The van der Waals surface area contributed by atoms with Gasteiger partial charge in [0.1, 0.15) is 5.15 Å². The van der Waals surface area contributed by atoms with E-state index in [-0.39, 0.29) is 5.88 Å². The maximum absolute atomic E-state index is 12.1. The van der Waals surface area contributed by atoms with Crippen LogP contribution in [0.3, 0.4) is 0 Å². The Kier molecular flexibility index (Phi) is 3.23. The minimum absolute atomic E-state index is 0.00931. The first kappa shape index (κ1) is 11.8. The van der Waals surface area contributed by atoms with Gasteiger partial charge in [-0.3, -0.25) is 0 Å². The Morgan fingerprint density at radius 1 is 1.41 bits per heavy atom. The lowest BCUT2D eigenvalue weighted by atomic mass is 10.2. The molecule has 2 heterocycles. The molecule has 2 aromatic heterocycles. The van der Waals surface area contributed by atoms with Gasteiger partial charge in [-0.05, 0) is 12.1 Å². The number of rotatable bonds is 3. The molecule has 0 spiro atoms. The van der Waals surface area contributed by atoms with Crippen molar-refractivity contribution in [2.75, 3.05) is 0 Å². The fourth-order valence-electron chi connectivity index (χ4n) is 1.32. The van der Waals surface area contributed by atoms with Crippen LogP contribution in [0.5, 0.6) is 5.88 Å². The lowest BCUT2D eigenvalue weighted by molar-refractivity contribution is -0.0553. The molecule has 90 valence electrons. The Morgan fingerprint density at radius 3 is 2.76 bits per heavy atom. The van der Waals surface area contributed by atoms with Gasteiger partial charge in [-0.2, -0.15) is 13.9 Å². The summed E-state index contributed by atoms with van der Waals surface area (Å²) >= 11 is 5.64. The highest BCUT2D eigenvalue weighted by molar-refractivity contribution is 6.29. The number of halogens is 3. The van der Waals surface area contributed by atoms with Gasteiger partial charge in [0.05, 0.1) is 5.69 Å². The van der Waals surface area contributed by atoms with Crippen molar-refractivity contribution in [2.45, 2.75) is 6.61 Å². The van der Waals surface area contributed by atoms with Crippen molar-refractivity contribution in [3.63, 3.8) is 0 Å². The fraction of sp³-hybridized carbons (Fsp3) is 0.200. The van der Waals surface area contributed by atoms with E-state index < -0.39 is 6.61 Å². The summed E-state index contributed by atoms with van der Waals surface area (Å²) in [7, 11) is 1.52. The summed E-state index contributed by atoms with van der Waals surface area (Å²) in [6.07, 6.45) is 1.51. The molecule has 2 aromatic rings. The van der Waals surface area contributed by atoms with Crippen LogP contribution in [-0.2, 0) is 7.05 Å². The van der Waals surface area contributed by atoms with Crippen molar-refractivity contribution < 1.29 is 13.5 Å². The third-order valence-corrected chi connectivity index (χ3v) is 2.29. The molecular weight excluding hydrogens is 252 g/mol. The Hall–Kier alpha value is -1.69. The molecular formula is C10H8ClF2N3O. The highest BCUT2D eigenvalue weighted by atomic mass is 35.5. The van der Waals surface area contributed by atoms with Crippen LogP contribution in [-0.4, -0.2) is 21.4 Å². The van der Waals surface area contributed by atoms with Gasteiger partial charge < -0.3 is 4.74 Å². The molecule has 4 nitrogen and oxygen atoms in total. The standard InChI is InChI=1S/C10H8ClF2N3O/c1-16-9(17-10(12)13)4-7(15-16)6-2-3-8(11)14-5-6/h2-5,10H,1H3. The highest BCUT2D eigenvalue weighted by Crippen LogP contribution is 2.23. The largest absolute Gasteiger partial charge is 0.417 e. The predicted molar refractivity (Wildman–Crippen MR) is 58.1 cm³/mol. The van der Waals surface area contributed by atoms with E-state index in [9.17, 15) is 8.78 Å². The van der Waals surface area contributed by atoms with E-state index >= 15 is 0 Å². The summed E-state index contributed by atoms with van der Waals surface area (Å²) in [4.78, 5) is 3.88. The van der Waals surface area contributed by atoms with Crippen LogP contribution < -0.4 is 4.74 Å². The summed E-state index contributed by atoms with van der Waals surface area (Å²) in [5, 5.41) is 4.39. The minimum Gasteiger partial charge on any atom is -0.417 e. The molecule has 0 N–H and O–H groups in total. The molecule has 0 atom stereocenters. The smallest absolute Gasteiger partial charge is 0.388 e. The molecule has 7 heteroatoms. The molecule has 0 saturated carbocycles. The lowest BCUT2D eigenvalue weighted by Gasteiger charge is -2.01. The van der Waals surface area contributed by atoms with Crippen LogP contribution in [0.15, 0.2) is 24.4 Å². The van der Waals surface area contributed by atoms with E-state index in [2.05, 4.69) is 14.8 Å². The summed E-state index contributed by atoms with van der Waals surface area (Å²) in [6, 6.07) is 4.71. The molecule has 2 rings (SSSR count). The zero-order valence-corrected chi connectivity index (χ0v) is 9.53. The molecule has 0 aromatic carbocycles. The Balaban J connectivity index is 2.31. The quantitative estimate of drug-likeness (QED) is 0.796. The molecule has 0 aliphatic rings. The molecule has 0 aliphatic heterocycles. The first-order chi connectivity index (χ1) is 8.06. The van der Waals surface area contributed by atoms with E-state index in [1.54, 1.807) is 12.1 Å². The van der Waals surface area contributed by atoms with Gasteiger partial charge in [0.25, 0.3) is 0 Å². The first-order valence-electron chi connectivity index (χ1n) is 4.67. The molecule has 0 fully saturated rings. The van der Waals surface area contributed by atoms with Gasteiger partial charge in [0.15, 0.2) is 0 Å². The first-order valence-corrected chi connectivity index (χ1v) is 5.05. The lowest BCUT2D eigenvalue weighted by Crippen LogP contribution is -2.05. The SMILES string of the molecule is Cn1nc(-c2ccc(Cl)nc2)cc1OC(F)F. The van der Waals surface area contributed by atoms with Gasteiger partial charge in [-0.15, -0.1) is 0 Å². The van der Waals surface area contributed by atoms with E-state index in [0.717, 1.165) is 0 Å². The predicted octanol–water partition coefficient (Wildman–Crippen LogP) is 2.74. The molecule has 17 heavy (non-hydrogen) atoms. The van der Waals surface area contributed by atoms with Gasteiger partial charge in [0, 0.05) is 24.9 Å². The zero-order chi connectivity index (χ0) is 12.4. The molecule has 0 aliphatic carbocycles. The second-order valence-electron chi connectivity index (χ2n) is 3.24. The molecule has 0 radical (unpaired) electrons. The van der Waals surface area contributed by atoms with Crippen LogP contribution in [0.2, 0.25) is 5.15 Å². The summed E-state index contributed by atoms with van der Waals surface area (Å²) in [5.41, 5.74) is 1.17. The average molecular weight is 260 g/mol. The maximum atomic E-state index is 12.1. The van der Waals surface area contributed by atoms with Gasteiger partial charge in [-0.25, -0.2) is 9.67 Å². The topological polar surface area (TPSA) is 39.9 Å². The summed E-state index contributed by atoms with van der Waals surface area (Å²) in [5.74, 6) is -0.00931. The fourth-order valence-corrected chi connectivity index (χ4v) is 1.43. The number of nitrogens with zero attached hydrogens (tertiary/aromatic N) is 3. The third kappa shape index (κ3) is 2.71.